The quantitative estimate of drug-likeness (QED) is 0.244. The second-order valence-electron chi connectivity index (χ2n) is 10.8. The van der Waals surface area contributed by atoms with Crippen molar-refractivity contribution in [1.82, 2.24) is 5.32 Å². The minimum Gasteiger partial charge on any atom is -0.491 e. The third-order valence-corrected chi connectivity index (χ3v) is 7.90. The second-order valence-corrected chi connectivity index (χ2v) is 10.8. The molecule has 8 heteroatoms. The summed E-state index contributed by atoms with van der Waals surface area (Å²) < 4.78 is 42.3. The van der Waals surface area contributed by atoms with E-state index >= 15 is 0 Å². The molecule has 2 aliphatic heterocycles. The summed E-state index contributed by atoms with van der Waals surface area (Å²) in [6.45, 7) is 7.24. The van der Waals surface area contributed by atoms with Crippen LogP contribution in [-0.4, -0.2) is 72.4 Å². The highest BCUT2D eigenvalue weighted by atomic mass is 19.1. The summed E-state index contributed by atoms with van der Waals surface area (Å²) in [7, 11) is 1.75. The summed E-state index contributed by atoms with van der Waals surface area (Å²) >= 11 is 0. The van der Waals surface area contributed by atoms with Crippen molar-refractivity contribution in [1.29, 1.82) is 0 Å². The third-order valence-electron chi connectivity index (χ3n) is 7.90. The molecule has 0 radical (unpaired) electrons. The summed E-state index contributed by atoms with van der Waals surface area (Å²) in [5, 5.41) is 3.51. The first-order valence-corrected chi connectivity index (χ1v) is 15.1. The van der Waals surface area contributed by atoms with Crippen LogP contribution in [0.4, 0.5) is 10.1 Å². The minimum atomic E-state index is -0.218. The molecule has 0 spiro atoms. The molecule has 0 aliphatic carbocycles. The second kappa shape index (κ2) is 15.9. The van der Waals surface area contributed by atoms with E-state index in [0.29, 0.717) is 39.0 Å². The van der Waals surface area contributed by atoms with Crippen molar-refractivity contribution in [3.63, 3.8) is 0 Å². The number of piperidine rings is 1. The number of methoxy groups -OCH3 is 1. The van der Waals surface area contributed by atoms with Crippen LogP contribution in [0.1, 0.15) is 35.4 Å². The molecule has 7 nitrogen and oxygen atoms in total. The zero-order chi connectivity index (χ0) is 29.0. The average molecular weight is 579 g/mol. The van der Waals surface area contributed by atoms with Gasteiger partial charge in [-0.1, -0.05) is 30.3 Å². The molecular formula is C34H43FN2O5. The van der Waals surface area contributed by atoms with Gasteiger partial charge in [-0.2, -0.15) is 0 Å². The van der Waals surface area contributed by atoms with Crippen LogP contribution in [0.3, 0.4) is 0 Å². The molecule has 5 rings (SSSR count). The van der Waals surface area contributed by atoms with E-state index in [9.17, 15) is 4.39 Å². The number of fused-ring (bicyclic) bond motifs is 1. The molecule has 2 aliphatic rings. The highest BCUT2D eigenvalue weighted by molar-refractivity contribution is 5.61. The predicted octanol–water partition coefficient (Wildman–Crippen LogP) is 5.36. The topological polar surface area (TPSA) is 61.4 Å². The Kier molecular flexibility index (Phi) is 11.5. The molecular weight excluding hydrogens is 535 g/mol. The zero-order valence-electron chi connectivity index (χ0n) is 24.6. The van der Waals surface area contributed by atoms with E-state index in [0.717, 1.165) is 80.4 Å². The molecule has 1 N–H and O–H groups in total. The molecule has 0 saturated carbocycles. The van der Waals surface area contributed by atoms with Crippen molar-refractivity contribution in [3.05, 3.63) is 89.2 Å². The molecule has 0 amide bonds. The van der Waals surface area contributed by atoms with Crippen molar-refractivity contribution in [2.75, 3.05) is 71.2 Å². The van der Waals surface area contributed by atoms with Gasteiger partial charge in [-0.15, -0.1) is 0 Å². The predicted molar refractivity (Wildman–Crippen MR) is 162 cm³/mol. The van der Waals surface area contributed by atoms with Gasteiger partial charge < -0.3 is 33.9 Å². The van der Waals surface area contributed by atoms with Gasteiger partial charge in [-0.3, -0.25) is 0 Å². The number of anilines is 1. The first-order valence-electron chi connectivity index (χ1n) is 15.1. The van der Waals surface area contributed by atoms with E-state index in [4.69, 9.17) is 23.7 Å². The summed E-state index contributed by atoms with van der Waals surface area (Å²) in [6.07, 6.45) is 2.86. The highest BCUT2D eigenvalue weighted by Gasteiger charge is 2.27. The van der Waals surface area contributed by atoms with E-state index in [-0.39, 0.29) is 11.9 Å². The first kappa shape index (κ1) is 30.3. The van der Waals surface area contributed by atoms with Gasteiger partial charge in [0.25, 0.3) is 0 Å². The van der Waals surface area contributed by atoms with Crippen molar-refractivity contribution in [2.24, 2.45) is 0 Å². The smallest absolute Gasteiger partial charge is 0.142 e. The number of rotatable bonds is 15. The lowest BCUT2D eigenvalue weighted by atomic mass is 9.87. The fourth-order valence-electron chi connectivity index (χ4n) is 5.60. The number of nitrogens with one attached hydrogen (secondary N) is 1. The maximum absolute atomic E-state index is 13.0. The maximum Gasteiger partial charge on any atom is 0.142 e. The summed E-state index contributed by atoms with van der Waals surface area (Å²) in [5.74, 6) is 1.88. The Labute approximate surface area is 248 Å². The Morgan fingerprint density at radius 1 is 0.952 bits per heavy atom. The van der Waals surface area contributed by atoms with Crippen molar-refractivity contribution < 1.29 is 28.1 Å². The molecule has 1 fully saturated rings. The van der Waals surface area contributed by atoms with Crippen molar-refractivity contribution >= 4 is 5.69 Å². The van der Waals surface area contributed by atoms with E-state index in [1.165, 1.54) is 17.7 Å². The zero-order valence-corrected chi connectivity index (χ0v) is 24.6. The lowest BCUT2D eigenvalue weighted by molar-refractivity contribution is 0.0106. The molecule has 42 heavy (non-hydrogen) atoms. The number of hydrogen-bond donors (Lipinski definition) is 1. The molecule has 2 atom stereocenters. The van der Waals surface area contributed by atoms with Crippen LogP contribution in [-0.2, 0) is 27.2 Å². The van der Waals surface area contributed by atoms with Gasteiger partial charge in [-0.25, -0.2) is 4.39 Å². The summed E-state index contributed by atoms with van der Waals surface area (Å²) in [4.78, 5) is 2.38. The monoisotopic (exact) mass is 578 g/mol. The Hall–Kier alpha value is -3.17. The Bertz CT molecular complexity index is 1220. The van der Waals surface area contributed by atoms with E-state index in [2.05, 4.69) is 40.5 Å². The largest absolute Gasteiger partial charge is 0.491 e. The maximum atomic E-state index is 13.0. The molecule has 1 saturated heterocycles. The van der Waals surface area contributed by atoms with Gasteiger partial charge >= 0.3 is 0 Å². The lowest BCUT2D eigenvalue weighted by Gasteiger charge is -2.33. The molecule has 2 heterocycles. The molecule has 226 valence electrons. The SMILES string of the molecule is COCCCN1CCOc2ccc(COC3CNCCC3c3ccc(OCCOCCc4ccc(F)cc4)cc3)cc21. The third kappa shape index (κ3) is 8.67. The average Bonchev–Trinajstić information content (AvgIpc) is 3.03. The normalized spacial score (nSPS) is 18.4. The molecule has 0 aromatic heterocycles. The molecule has 0 bridgehead atoms. The van der Waals surface area contributed by atoms with Crippen LogP contribution < -0.4 is 19.7 Å². The van der Waals surface area contributed by atoms with Crippen LogP contribution in [0.2, 0.25) is 0 Å². The van der Waals surface area contributed by atoms with Gasteiger partial charge in [0.2, 0.25) is 0 Å². The Balaban J connectivity index is 1.08. The number of benzene rings is 3. The van der Waals surface area contributed by atoms with Crippen LogP contribution >= 0.6 is 0 Å². The lowest BCUT2D eigenvalue weighted by Crippen LogP contribution is -2.41. The fourth-order valence-corrected chi connectivity index (χ4v) is 5.60. The minimum absolute atomic E-state index is 0.0881. The highest BCUT2D eigenvalue weighted by Crippen LogP contribution is 2.34. The Morgan fingerprint density at radius 2 is 1.79 bits per heavy atom. The van der Waals surface area contributed by atoms with Gasteiger partial charge in [0.15, 0.2) is 0 Å². The van der Waals surface area contributed by atoms with Crippen LogP contribution in [0.25, 0.3) is 0 Å². The van der Waals surface area contributed by atoms with E-state index in [1.807, 2.05) is 12.1 Å². The van der Waals surface area contributed by atoms with E-state index in [1.54, 1.807) is 19.2 Å². The van der Waals surface area contributed by atoms with Gasteiger partial charge in [0.05, 0.1) is 38.2 Å². The van der Waals surface area contributed by atoms with Crippen LogP contribution in [0, 0.1) is 5.82 Å². The molecule has 3 aromatic rings. The number of halogens is 1. The summed E-state index contributed by atoms with van der Waals surface area (Å²) in [6, 6.07) is 21.3. The molecule has 2 unspecified atom stereocenters. The van der Waals surface area contributed by atoms with Gasteiger partial charge in [-0.05, 0) is 78.9 Å². The summed E-state index contributed by atoms with van der Waals surface area (Å²) in [5.41, 5.74) is 4.63. The standard InChI is InChI=1S/C34H43FN2O5/c1-38-18-2-16-37-17-20-41-33-12-5-27(23-32(33)37)25-42-34-24-36-15-13-31(34)28-6-10-30(11-7-28)40-22-21-39-19-14-26-3-8-29(35)9-4-26/h3-12,23,31,34,36H,2,13-22,24-25H2,1H3. The molecule has 3 aromatic carbocycles. The number of nitrogens with zero attached hydrogens (tertiary/aromatic N) is 1. The van der Waals surface area contributed by atoms with E-state index < -0.39 is 0 Å². The van der Waals surface area contributed by atoms with Crippen molar-refractivity contribution in [3.8, 4) is 11.5 Å². The van der Waals surface area contributed by atoms with Gasteiger partial charge in [0, 0.05) is 32.7 Å². The number of ether oxygens (including phenoxy) is 5. The van der Waals surface area contributed by atoms with Crippen molar-refractivity contribution in [2.45, 2.75) is 37.9 Å². The number of hydrogen-bond acceptors (Lipinski definition) is 7. The Morgan fingerprint density at radius 3 is 2.62 bits per heavy atom. The van der Waals surface area contributed by atoms with Gasteiger partial charge in [0.1, 0.15) is 30.5 Å². The van der Waals surface area contributed by atoms with Crippen LogP contribution in [0.5, 0.6) is 11.5 Å². The fraction of sp³-hybridized carbons (Fsp3) is 0.471. The first-order chi connectivity index (χ1) is 20.7. The van der Waals surface area contributed by atoms with Crippen LogP contribution in [0.15, 0.2) is 66.7 Å².